The van der Waals surface area contributed by atoms with E-state index in [2.05, 4.69) is 31.6 Å². The van der Waals surface area contributed by atoms with Crippen molar-refractivity contribution in [3.05, 3.63) is 40.4 Å². The number of furan rings is 1. The van der Waals surface area contributed by atoms with E-state index in [4.69, 9.17) is 4.42 Å². The minimum absolute atomic E-state index is 0.283. The Balaban J connectivity index is 2.76. The lowest BCUT2D eigenvalue weighted by atomic mass is 10.1. The predicted molar refractivity (Wildman–Crippen MR) is 77.1 cm³/mol. The van der Waals surface area contributed by atoms with Crippen LogP contribution in [0.25, 0.3) is 6.08 Å². The van der Waals surface area contributed by atoms with Crippen molar-refractivity contribution in [3.8, 4) is 0 Å². The molecule has 19 heavy (non-hydrogen) atoms. The van der Waals surface area contributed by atoms with Crippen LogP contribution < -0.4 is 0 Å². The quantitative estimate of drug-likeness (QED) is 0.578. The molecule has 1 aromatic heterocycles. The number of hydrogen-bond donors (Lipinski definition) is 0. The minimum Gasteiger partial charge on any atom is -0.463 e. The standard InChI is InChI=1S/C16H22O3/c1-11(2)7-6-8-12(3)9-14-10-13(4)15(19-14)16(17)18-5/h7,9-10H,6,8H2,1-5H3/b12-9+. The van der Waals surface area contributed by atoms with Crippen molar-refractivity contribution in [2.45, 2.75) is 40.5 Å². The smallest absolute Gasteiger partial charge is 0.374 e. The van der Waals surface area contributed by atoms with Gasteiger partial charge in [0.1, 0.15) is 5.76 Å². The fraction of sp³-hybridized carbons (Fsp3) is 0.438. The summed E-state index contributed by atoms with van der Waals surface area (Å²) >= 11 is 0. The summed E-state index contributed by atoms with van der Waals surface area (Å²) in [4.78, 5) is 11.4. The normalized spacial score (nSPS) is 11.3. The lowest BCUT2D eigenvalue weighted by Crippen LogP contribution is -2.00. The maximum atomic E-state index is 11.4. The van der Waals surface area contributed by atoms with Gasteiger partial charge in [-0.25, -0.2) is 4.79 Å². The van der Waals surface area contributed by atoms with Crippen LogP contribution in [0.4, 0.5) is 0 Å². The first-order valence-corrected chi connectivity index (χ1v) is 6.43. The molecule has 0 spiro atoms. The van der Waals surface area contributed by atoms with E-state index in [9.17, 15) is 4.79 Å². The Bertz CT molecular complexity index is 500. The van der Waals surface area contributed by atoms with E-state index >= 15 is 0 Å². The van der Waals surface area contributed by atoms with Crippen LogP contribution >= 0.6 is 0 Å². The predicted octanol–water partition coefficient (Wildman–Crippen LogP) is 4.52. The van der Waals surface area contributed by atoms with E-state index < -0.39 is 5.97 Å². The topological polar surface area (TPSA) is 39.4 Å². The second kappa shape index (κ2) is 6.98. The van der Waals surface area contributed by atoms with Crippen LogP contribution in [0, 0.1) is 6.92 Å². The third-order valence-corrected chi connectivity index (χ3v) is 2.79. The van der Waals surface area contributed by atoms with Crippen molar-refractivity contribution >= 4 is 12.0 Å². The van der Waals surface area contributed by atoms with Crippen molar-refractivity contribution < 1.29 is 13.9 Å². The van der Waals surface area contributed by atoms with Gasteiger partial charge in [0, 0.05) is 5.56 Å². The molecule has 0 atom stereocenters. The van der Waals surface area contributed by atoms with Crippen LogP contribution in [0.5, 0.6) is 0 Å². The van der Waals surface area contributed by atoms with E-state index in [0.717, 1.165) is 18.4 Å². The second-order valence-electron chi connectivity index (χ2n) is 4.96. The number of carbonyl (C=O) groups excluding carboxylic acids is 1. The summed E-state index contributed by atoms with van der Waals surface area (Å²) in [5.74, 6) is 0.554. The largest absolute Gasteiger partial charge is 0.463 e. The van der Waals surface area contributed by atoms with Crippen LogP contribution in [0.3, 0.4) is 0 Å². The molecule has 104 valence electrons. The van der Waals surface area contributed by atoms with E-state index in [-0.39, 0.29) is 5.76 Å². The molecule has 0 saturated heterocycles. The van der Waals surface area contributed by atoms with E-state index in [1.807, 2.05) is 19.1 Å². The molecule has 1 rings (SSSR count). The maximum Gasteiger partial charge on any atom is 0.374 e. The zero-order chi connectivity index (χ0) is 14.4. The lowest BCUT2D eigenvalue weighted by molar-refractivity contribution is 0.0563. The van der Waals surface area contributed by atoms with Gasteiger partial charge in [0.15, 0.2) is 0 Å². The van der Waals surface area contributed by atoms with Gasteiger partial charge in [-0.15, -0.1) is 0 Å². The number of hydrogen-bond acceptors (Lipinski definition) is 3. The third kappa shape index (κ3) is 4.78. The van der Waals surface area contributed by atoms with Crippen LogP contribution in [0.15, 0.2) is 27.7 Å². The molecule has 0 amide bonds. The SMILES string of the molecule is COC(=O)c1oc(/C=C(\C)CCC=C(C)C)cc1C. The molecule has 0 fully saturated rings. The molecule has 0 radical (unpaired) electrons. The van der Waals surface area contributed by atoms with Gasteiger partial charge in [-0.1, -0.05) is 17.2 Å². The summed E-state index contributed by atoms with van der Waals surface area (Å²) in [5.41, 5.74) is 3.35. The molecule has 0 aliphatic heterocycles. The van der Waals surface area contributed by atoms with Gasteiger partial charge >= 0.3 is 5.97 Å². The monoisotopic (exact) mass is 262 g/mol. The van der Waals surface area contributed by atoms with Gasteiger partial charge < -0.3 is 9.15 Å². The molecular formula is C16H22O3. The van der Waals surface area contributed by atoms with Crippen molar-refractivity contribution in [1.82, 2.24) is 0 Å². The summed E-state index contributed by atoms with van der Waals surface area (Å²) < 4.78 is 10.2. The Kier molecular flexibility index (Phi) is 5.61. The summed E-state index contributed by atoms with van der Waals surface area (Å²) in [6, 6.07) is 1.86. The van der Waals surface area contributed by atoms with Gasteiger partial charge in [-0.3, -0.25) is 0 Å². The number of ether oxygens (including phenoxy) is 1. The molecule has 1 aromatic rings. The average Bonchev–Trinajstić information content (AvgIpc) is 2.68. The Morgan fingerprint density at radius 3 is 2.63 bits per heavy atom. The van der Waals surface area contributed by atoms with E-state index in [1.54, 1.807) is 0 Å². The van der Waals surface area contributed by atoms with Gasteiger partial charge in [-0.05, 0) is 52.7 Å². The lowest BCUT2D eigenvalue weighted by Gasteiger charge is -1.98. The highest BCUT2D eigenvalue weighted by atomic mass is 16.5. The highest BCUT2D eigenvalue weighted by molar-refractivity contribution is 5.88. The molecular weight excluding hydrogens is 240 g/mol. The zero-order valence-electron chi connectivity index (χ0n) is 12.4. The molecule has 3 heteroatoms. The molecule has 3 nitrogen and oxygen atoms in total. The minimum atomic E-state index is -0.431. The molecule has 0 N–H and O–H groups in total. The van der Waals surface area contributed by atoms with Gasteiger partial charge in [0.25, 0.3) is 0 Å². The first-order chi connectivity index (χ1) is 8.93. The van der Waals surface area contributed by atoms with Gasteiger partial charge in [0.2, 0.25) is 5.76 Å². The number of allylic oxidation sites excluding steroid dienone is 3. The Labute approximate surface area is 115 Å². The van der Waals surface area contributed by atoms with Crippen molar-refractivity contribution in [1.29, 1.82) is 0 Å². The van der Waals surface area contributed by atoms with E-state index in [0.29, 0.717) is 5.76 Å². The Morgan fingerprint density at radius 1 is 1.37 bits per heavy atom. The highest BCUT2D eigenvalue weighted by Crippen LogP contribution is 2.19. The number of esters is 1. The third-order valence-electron chi connectivity index (χ3n) is 2.79. The van der Waals surface area contributed by atoms with Crippen molar-refractivity contribution in [2.75, 3.05) is 7.11 Å². The average molecular weight is 262 g/mol. The van der Waals surface area contributed by atoms with Gasteiger partial charge in [-0.2, -0.15) is 0 Å². The molecule has 0 unspecified atom stereocenters. The van der Waals surface area contributed by atoms with E-state index in [1.165, 1.54) is 18.3 Å². The van der Waals surface area contributed by atoms with Gasteiger partial charge in [0.05, 0.1) is 7.11 Å². The Morgan fingerprint density at radius 2 is 2.05 bits per heavy atom. The summed E-state index contributed by atoms with van der Waals surface area (Å²) in [5, 5.41) is 0. The number of rotatable bonds is 5. The van der Waals surface area contributed by atoms with Crippen molar-refractivity contribution in [2.24, 2.45) is 0 Å². The molecule has 0 saturated carbocycles. The molecule has 0 aliphatic carbocycles. The first-order valence-electron chi connectivity index (χ1n) is 6.43. The van der Waals surface area contributed by atoms with Crippen LogP contribution in [-0.2, 0) is 4.74 Å². The van der Waals surface area contributed by atoms with Crippen molar-refractivity contribution in [3.63, 3.8) is 0 Å². The number of methoxy groups -OCH3 is 1. The number of aryl methyl sites for hydroxylation is 1. The Hall–Kier alpha value is -1.77. The maximum absolute atomic E-state index is 11.4. The summed E-state index contributed by atoms with van der Waals surface area (Å²) in [6.45, 7) is 8.09. The van der Waals surface area contributed by atoms with Crippen LogP contribution in [0.1, 0.15) is 55.5 Å². The highest BCUT2D eigenvalue weighted by Gasteiger charge is 2.15. The first kappa shape index (κ1) is 15.3. The molecule has 0 bridgehead atoms. The summed E-state index contributed by atoms with van der Waals surface area (Å²) in [7, 11) is 1.35. The number of carbonyl (C=O) groups is 1. The zero-order valence-corrected chi connectivity index (χ0v) is 12.4. The fourth-order valence-corrected chi connectivity index (χ4v) is 1.78. The molecule has 1 heterocycles. The van der Waals surface area contributed by atoms with Crippen LogP contribution in [0.2, 0.25) is 0 Å². The molecule has 0 aromatic carbocycles. The fourth-order valence-electron chi connectivity index (χ4n) is 1.78. The van der Waals surface area contributed by atoms with Crippen LogP contribution in [-0.4, -0.2) is 13.1 Å². The summed E-state index contributed by atoms with van der Waals surface area (Å²) in [6.07, 6.45) is 6.19. The second-order valence-corrected chi connectivity index (χ2v) is 4.96. The molecule has 0 aliphatic rings.